The molecule has 0 heterocycles. The van der Waals surface area contributed by atoms with Crippen LogP contribution in [0.4, 0.5) is 0 Å². The predicted molar refractivity (Wildman–Crippen MR) is 83.9 cm³/mol. The van der Waals surface area contributed by atoms with Gasteiger partial charge in [0.15, 0.2) is 0 Å². The van der Waals surface area contributed by atoms with Crippen LogP contribution in [0.5, 0.6) is 5.75 Å². The summed E-state index contributed by atoms with van der Waals surface area (Å²) in [6.07, 6.45) is 0. The molecule has 0 amide bonds. The summed E-state index contributed by atoms with van der Waals surface area (Å²) in [6.45, 7) is 0. The van der Waals surface area contributed by atoms with Crippen LogP contribution in [0.15, 0.2) is 78.9 Å². The molecule has 0 aromatic heterocycles. The zero-order valence-electron chi connectivity index (χ0n) is 11.4. The molecule has 0 fully saturated rings. The van der Waals surface area contributed by atoms with Gasteiger partial charge in [-0.2, -0.15) is 0 Å². The molecule has 0 N–H and O–H groups in total. The van der Waals surface area contributed by atoms with Gasteiger partial charge in [-0.05, 0) is 40.5 Å². The molecule has 1 nitrogen and oxygen atoms in total. The average Bonchev–Trinajstić information content (AvgIpc) is 2.56. The summed E-state index contributed by atoms with van der Waals surface area (Å²) in [7, 11) is 1.69. The normalized spacial score (nSPS) is 10.2. The molecule has 0 bridgehead atoms. The fraction of sp³-hybridized carbons (Fsp3) is 0.0526. The largest absolute Gasteiger partial charge is 0.497 e. The Bertz CT molecular complexity index is 702. The topological polar surface area (TPSA) is 9.23 Å². The molecule has 0 aliphatic rings. The second-order valence-corrected chi connectivity index (χ2v) is 4.68. The van der Waals surface area contributed by atoms with Crippen LogP contribution in [-0.2, 0) is 0 Å². The zero-order chi connectivity index (χ0) is 13.8. The van der Waals surface area contributed by atoms with Crippen molar-refractivity contribution >= 4 is 0 Å². The monoisotopic (exact) mass is 260 g/mol. The van der Waals surface area contributed by atoms with Crippen LogP contribution >= 0.6 is 0 Å². The van der Waals surface area contributed by atoms with Crippen molar-refractivity contribution in [1.82, 2.24) is 0 Å². The summed E-state index contributed by atoms with van der Waals surface area (Å²) >= 11 is 0. The van der Waals surface area contributed by atoms with E-state index in [9.17, 15) is 0 Å². The molecule has 0 aliphatic heterocycles. The van der Waals surface area contributed by atoms with Crippen molar-refractivity contribution in [3.63, 3.8) is 0 Å². The highest BCUT2D eigenvalue weighted by Gasteiger charge is 2.02. The predicted octanol–water partition coefficient (Wildman–Crippen LogP) is 5.03. The fourth-order valence-electron chi connectivity index (χ4n) is 2.31. The Morgan fingerprint density at radius 1 is 0.550 bits per heavy atom. The molecule has 20 heavy (non-hydrogen) atoms. The summed E-state index contributed by atoms with van der Waals surface area (Å²) in [4.78, 5) is 0. The third-order valence-electron chi connectivity index (χ3n) is 3.37. The Labute approximate surface area is 119 Å². The van der Waals surface area contributed by atoms with E-state index in [0.29, 0.717) is 0 Å². The van der Waals surface area contributed by atoms with E-state index in [1.807, 2.05) is 18.2 Å². The van der Waals surface area contributed by atoms with E-state index in [-0.39, 0.29) is 0 Å². The molecule has 0 saturated heterocycles. The van der Waals surface area contributed by atoms with E-state index in [1.54, 1.807) is 7.11 Å². The van der Waals surface area contributed by atoms with Gasteiger partial charge in [0.1, 0.15) is 5.75 Å². The van der Waals surface area contributed by atoms with Gasteiger partial charge in [0.05, 0.1) is 7.11 Å². The molecule has 0 spiro atoms. The maximum absolute atomic E-state index is 5.29. The summed E-state index contributed by atoms with van der Waals surface area (Å²) < 4.78 is 5.29. The Kier molecular flexibility index (Phi) is 3.51. The van der Waals surface area contributed by atoms with Crippen LogP contribution in [0.1, 0.15) is 0 Å². The molecule has 0 saturated carbocycles. The van der Waals surface area contributed by atoms with Gasteiger partial charge in [0, 0.05) is 0 Å². The van der Waals surface area contributed by atoms with Crippen LogP contribution in [0, 0.1) is 0 Å². The van der Waals surface area contributed by atoms with Gasteiger partial charge in [0.25, 0.3) is 0 Å². The first kappa shape index (κ1) is 12.5. The molecular weight excluding hydrogens is 244 g/mol. The number of methoxy groups -OCH3 is 1. The molecule has 1 heteroatoms. The molecule has 0 unspecified atom stereocenters. The Morgan fingerprint density at radius 2 is 1.10 bits per heavy atom. The zero-order valence-corrected chi connectivity index (χ0v) is 11.4. The van der Waals surface area contributed by atoms with Crippen molar-refractivity contribution in [3.05, 3.63) is 78.9 Å². The van der Waals surface area contributed by atoms with Gasteiger partial charge in [0.2, 0.25) is 0 Å². The molecule has 0 radical (unpaired) electrons. The molecule has 3 aromatic carbocycles. The van der Waals surface area contributed by atoms with Crippen molar-refractivity contribution in [2.24, 2.45) is 0 Å². The molecule has 98 valence electrons. The van der Waals surface area contributed by atoms with Crippen molar-refractivity contribution in [3.8, 4) is 28.0 Å². The molecule has 0 aliphatic carbocycles. The quantitative estimate of drug-likeness (QED) is 0.641. The Morgan fingerprint density at radius 3 is 1.80 bits per heavy atom. The molecular formula is C19H16O. The SMILES string of the molecule is COc1cccc(-c2cccc(-c3ccccc3)c2)c1. The lowest BCUT2D eigenvalue weighted by Crippen LogP contribution is -1.84. The van der Waals surface area contributed by atoms with E-state index in [2.05, 4.69) is 60.7 Å². The van der Waals surface area contributed by atoms with E-state index in [0.717, 1.165) is 5.75 Å². The van der Waals surface area contributed by atoms with Crippen LogP contribution < -0.4 is 4.74 Å². The van der Waals surface area contributed by atoms with Crippen molar-refractivity contribution in [2.45, 2.75) is 0 Å². The van der Waals surface area contributed by atoms with Crippen LogP contribution in [0.2, 0.25) is 0 Å². The van der Waals surface area contributed by atoms with Crippen molar-refractivity contribution in [1.29, 1.82) is 0 Å². The lowest BCUT2D eigenvalue weighted by molar-refractivity contribution is 0.415. The summed E-state index contributed by atoms with van der Waals surface area (Å²) in [5, 5.41) is 0. The van der Waals surface area contributed by atoms with Crippen LogP contribution in [0.25, 0.3) is 22.3 Å². The maximum Gasteiger partial charge on any atom is 0.119 e. The third-order valence-corrected chi connectivity index (χ3v) is 3.37. The molecule has 3 rings (SSSR count). The molecule has 0 atom stereocenters. The van der Waals surface area contributed by atoms with Crippen LogP contribution in [-0.4, -0.2) is 7.11 Å². The second-order valence-electron chi connectivity index (χ2n) is 4.68. The number of ether oxygens (including phenoxy) is 1. The number of rotatable bonds is 3. The first-order valence-corrected chi connectivity index (χ1v) is 6.67. The Balaban J connectivity index is 2.03. The average molecular weight is 260 g/mol. The summed E-state index contributed by atoms with van der Waals surface area (Å²) in [5.74, 6) is 0.882. The van der Waals surface area contributed by atoms with E-state index >= 15 is 0 Å². The number of hydrogen-bond acceptors (Lipinski definition) is 1. The van der Waals surface area contributed by atoms with Gasteiger partial charge < -0.3 is 4.74 Å². The highest BCUT2D eigenvalue weighted by atomic mass is 16.5. The Hall–Kier alpha value is -2.54. The fourth-order valence-corrected chi connectivity index (χ4v) is 2.31. The van der Waals surface area contributed by atoms with Gasteiger partial charge >= 0.3 is 0 Å². The minimum absolute atomic E-state index is 0.882. The highest BCUT2D eigenvalue weighted by molar-refractivity contribution is 5.73. The maximum atomic E-state index is 5.29. The van der Waals surface area contributed by atoms with Crippen molar-refractivity contribution < 1.29 is 4.74 Å². The minimum Gasteiger partial charge on any atom is -0.497 e. The van der Waals surface area contributed by atoms with Crippen molar-refractivity contribution in [2.75, 3.05) is 7.11 Å². The first-order valence-electron chi connectivity index (χ1n) is 6.67. The smallest absolute Gasteiger partial charge is 0.119 e. The van der Waals surface area contributed by atoms with Crippen LogP contribution in [0.3, 0.4) is 0 Å². The second kappa shape index (κ2) is 5.62. The van der Waals surface area contributed by atoms with Gasteiger partial charge in [-0.15, -0.1) is 0 Å². The number of benzene rings is 3. The standard InChI is InChI=1S/C19H16O/c1-20-19-12-6-11-18(14-19)17-10-5-9-16(13-17)15-7-3-2-4-8-15/h2-14H,1H3. The van der Waals surface area contributed by atoms with Gasteiger partial charge in [-0.3, -0.25) is 0 Å². The van der Waals surface area contributed by atoms with E-state index < -0.39 is 0 Å². The third kappa shape index (κ3) is 2.57. The van der Waals surface area contributed by atoms with Gasteiger partial charge in [-0.1, -0.05) is 60.7 Å². The first-order chi connectivity index (χ1) is 9.86. The summed E-state index contributed by atoms with van der Waals surface area (Å²) in [6, 6.07) is 27.1. The highest BCUT2D eigenvalue weighted by Crippen LogP contribution is 2.28. The van der Waals surface area contributed by atoms with E-state index in [1.165, 1.54) is 22.3 Å². The summed E-state index contributed by atoms with van der Waals surface area (Å²) in [5.41, 5.74) is 4.83. The minimum atomic E-state index is 0.882. The molecule has 3 aromatic rings. The van der Waals surface area contributed by atoms with E-state index in [4.69, 9.17) is 4.74 Å². The lowest BCUT2D eigenvalue weighted by Gasteiger charge is -2.07. The van der Waals surface area contributed by atoms with Gasteiger partial charge in [-0.25, -0.2) is 0 Å². The lowest BCUT2D eigenvalue weighted by atomic mass is 9.99. The number of hydrogen-bond donors (Lipinski definition) is 0.